The molecule has 0 aromatic heterocycles. The number of hydrogen-bond acceptors (Lipinski definition) is 1. The van der Waals surface area contributed by atoms with Gasteiger partial charge in [-0.1, -0.05) is 46.0 Å². The van der Waals surface area contributed by atoms with Gasteiger partial charge in [0.15, 0.2) is 0 Å². The van der Waals surface area contributed by atoms with Gasteiger partial charge in [-0.2, -0.15) is 0 Å². The fourth-order valence-electron chi connectivity index (χ4n) is 4.30. The zero-order valence-electron chi connectivity index (χ0n) is 12.2. The Morgan fingerprint density at radius 3 is 2.33 bits per heavy atom. The smallest absolute Gasteiger partial charge is 0.123 e. The monoisotopic (exact) mass is 250 g/mol. The maximum absolute atomic E-state index is 11.1. The molecule has 2 saturated carbocycles. The largest absolute Gasteiger partial charge is 0.303 e. The summed E-state index contributed by atoms with van der Waals surface area (Å²) in [6, 6.07) is 0. The van der Waals surface area contributed by atoms with Crippen LogP contribution in [0.3, 0.4) is 0 Å². The van der Waals surface area contributed by atoms with Crippen LogP contribution < -0.4 is 0 Å². The van der Waals surface area contributed by atoms with Gasteiger partial charge in [0.1, 0.15) is 6.29 Å². The van der Waals surface area contributed by atoms with Crippen molar-refractivity contribution < 1.29 is 4.79 Å². The first-order valence-electron chi connectivity index (χ1n) is 8.17. The predicted octanol–water partition coefficient (Wildman–Crippen LogP) is 4.84. The van der Waals surface area contributed by atoms with Gasteiger partial charge >= 0.3 is 0 Å². The van der Waals surface area contributed by atoms with Crippen molar-refractivity contribution in [2.75, 3.05) is 0 Å². The van der Waals surface area contributed by atoms with Gasteiger partial charge in [-0.3, -0.25) is 0 Å². The Labute approximate surface area is 113 Å². The molecule has 104 valence electrons. The van der Waals surface area contributed by atoms with Crippen molar-refractivity contribution in [2.45, 2.75) is 71.6 Å². The lowest BCUT2D eigenvalue weighted by Crippen LogP contribution is -2.26. The molecule has 5 atom stereocenters. The van der Waals surface area contributed by atoms with Gasteiger partial charge in [0.2, 0.25) is 0 Å². The van der Waals surface area contributed by atoms with Gasteiger partial charge in [-0.25, -0.2) is 0 Å². The third-order valence-corrected chi connectivity index (χ3v) is 5.93. The van der Waals surface area contributed by atoms with Crippen molar-refractivity contribution in [3.8, 4) is 0 Å². The van der Waals surface area contributed by atoms with Crippen LogP contribution in [0.25, 0.3) is 0 Å². The third kappa shape index (κ3) is 3.36. The molecule has 0 heterocycles. The fraction of sp³-hybridized carbons (Fsp3) is 0.941. The highest BCUT2D eigenvalue weighted by Gasteiger charge is 2.29. The maximum atomic E-state index is 11.1. The SMILES string of the molecule is CC1CCCC(CCC2CCCCC2C=O)C1C. The standard InChI is InChI=1S/C17H30O/c1-13-6-5-9-15(14(13)2)10-11-16-7-3-4-8-17(16)12-18/h12-17H,3-11H2,1-2H3. The Morgan fingerprint density at radius 1 is 0.889 bits per heavy atom. The van der Waals surface area contributed by atoms with Gasteiger partial charge in [-0.05, 0) is 49.4 Å². The lowest BCUT2D eigenvalue weighted by Gasteiger charge is -2.36. The molecule has 0 bridgehead atoms. The van der Waals surface area contributed by atoms with Crippen molar-refractivity contribution >= 4 is 6.29 Å². The van der Waals surface area contributed by atoms with Gasteiger partial charge in [-0.15, -0.1) is 0 Å². The topological polar surface area (TPSA) is 17.1 Å². The van der Waals surface area contributed by atoms with Crippen LogP contribution in [0.1, 0.15) is 71.6 Å². The quantitative estimate of drug-likeness (QED) is 0.652. The summed E-state index contributed by atoms with van der Waals surface area (Å²) < 4.78 is 0. The molecule has 1 heteroatoms. The summed E-state index contributed by atoms with van der Waals surface area (Å²) >= 11 is 0. The first kappa shape index (κ1) is 14.1. The van der Waals surface area contributed by atoms with Crippen LogP contribution >= 0.6 is 0 Å². The summed E-state index contributed by atoms with van der Waals surface area (Å²) in [5.41, 5.74) is 0. The first-order valence-corrected chi connectivity index (χ1v) is 8.17. The van der Waals surface area contributed by atoms with E-state index in [9.17, 15) is 4.79 Å². The van der Waals surface area contributed by atoms with Crippen LogP contribution in [0.5, 0.6) is 0 Å². The minimum atomic E-state index is 0.384. The van der Waals surface area contributed by atoms with Gasteiger partial charge in [0.05, 0.1) is 0 Å². The van der Waals surface area contributed by atoms with Crippen LogP contribution in [-0.2, 0) is 4.79 Å². The van der Waals surface area contributed by atoms with E-state index < -0.39 is 0 Å². The van der Waals surface area contributed by atoms with Crippen molar-refractivity contribution in [3.05, 3.63) is 0 Å². The molecule has 1 nitrogen and oxygen atoms in total. The second-order valence-electron chi connectivity index (χ2n) is 6.95. The maximum Gasteiger partial charge on any atom is 0.123 e. The Kier molecular flexibility index (Phi) is 5.26. The van der Waals surface area contributed by atoms with E-state index in [0.29, 0.717) is 11.8 Å². The third-order valence-electron chi connectivity index (χ3n) is 5.93. The zero-order valence-corrected chi connectivity index (χ0v) is 12.2. The molecule has 0 N–H and O–H groups in total. The van der Waals surface area contributed by atoms with E-state index in [-0.39, 0.29) is 0 Å². The number of hydrogen-bond donors (Lipinski definition) is 0. The van der Waals surface area contributed by atoms with E-state index in [1.54, 1.807) is 0 Å². The summed E-state index contributed by atoms with van der Waals surface area (Å²) in [6.45, 7) is 4.87. The molecular weight excluding hydrogens is 220 g/mol. The number of aldehydes is 1. The van der Waals surface area contributed by atoms with E-state index in [2.05, 4.69) is 13.8 Å². The minimum absolute atomic E-state index is 0.384. The molecule has 2 aliphatic carbocycles. The van der Waals surface area contributed by atoms with Crippen molar-refractivity contribution in [1.29, 1.82) is 0 Å². The Balaban J connectivity index is 1.80. The van der Waals surface area contributed by atoms with Crippen molar-refractivity contribution in [3.63, 3.8) is 0 Å². The van der Waals surface area contributed by atoms with Crippen LogP contribution in [0.2, 0.25) is 0 Å². The lowest BCUT2D eigenvalue weighted by atomic mass is 9.69. The summed E-state index contributed by atoms with van der Waals surface area (Å²) in [5.74, 6) is 3.84. The molecule has 18 heavy (non-hydrogen) atoms. The Bertz CT molecular complexity index is 260. The number of rotatable bonds is 4. The van der Waals surface area contributed by atoms with E-state index in [0.717, 1.165) is 24.2 Å². The Hall–Kier alpha value is -0.330. The summed E-state index contributed by atoms with van der Waals surface area (Å²) in [4.78, 5) is 11.1. The van der Waals surface area contributed by atoms with E-state index >= 15 is 0 Å². The average molecular weight is 250 g/mol. The van der Waals surface area contributed by atoms with Crippen LogP contribution in [0.15, 0.2) is 0 Å². The highest BCUT2D eigenvalue weighted by Crippen LogP contribution is 2.40. The van der Waals surface area contributed by atoms with Gasteiger partial charge in [0.25, 0.3) is 0 Å². The number of carbonyl (C=O) groups is 1. The molecule has 0 aliphatic heterocycles. The second-order valence-corrected chi connectivity index (χ2v) is 6.95. The van der Waals surface area contributed by atoms with E-state index in [1.165, 1.54) is 57.7 Å². The summed E-state index contributed by atoms with van der Waals surface area (Å²) in [5, 5.41) is 0. The molecule has 0 aromatic carbocycles. The molecule has 5 unspecified atom stereocenters. The molecule has 2 fully saturated rings. The minimum Gasteiger partial charge on any atom is -0.303 e. The normalized spacial score (nSPS) is 41.6. The molecular formula is C17H30O. The highest BCUT2D eigenvalue weighted by atomic mass is 16.1. The average Bonchev–Trinajstić information content (AvgIpc) is 2.41. The van der Waals surface area contributed by atoms with Crippen molar-refractivity contribution in [1.82, 2.24) is 0 Å². The molecule has 0 spiro atoms. The van der Waals surface area contributed by atoms with E-state index in [1.807, 2.05) is 0 Å². The van der Waals surface area contributed by atoms with E-state index in [4.69, 9.17) is 0 Å². The molecule has 0 aromatic rings. The first-order chi connectivity index (χ1) is 8.72. The molecule has 0 radical (unpaired) electrons. The summed E-state index contributed by atoms with van der Waals surface area (Å²) in [7, 11) is 0. The zero-order chi connectivity index (χ0) is 13.0. The molecule has 0 amide bonds. The highest BCUT2D eigenvalue weighted by molar-refractivity contribution is 5.54. The number of carbonyl (C=O) groups excluding carboxylic acids is 1. The lowest BCUT2D eigenvalue weighted by molar-refractivity contribution is -0.113. The van der Waals surface area contributed by atoms with Crippen molar-refractivity contribution in [2.24, 2.45) is 29.6 Å². The molecule has 2 aliphatic rings. The fourth-order valence-corrected chi connectivity index (χ4v) is 4.30. The van der Waals surface area contributed by atoms with Crippen LogP contribution in [-0.4, -0.2) is 6.29 Å². The van der Waals surface area contributed by atoms with Crippen LogP contribution in [0.4, 0.5) is 0 Å². The molecule has 2 rings (SSSR count). The Morgan fingerprint density at radius 2 is 1.56 bits per heavy atom. The second kappa shape index (κ2) is 6.73. The summed E-state index contributed by atoms with van der Waals surface area (Å²) in [6.07, 6.45) is 13.3. The predicted molar refractivity (Wildman–Crippen MR) is 76.4 cm³/mol. The van der Waals surface area contributed by atoms with Gasteiger partial charge in [0, 0.05) is 5.92 Å². The van der Waals surface area contributed by atoms with Crippen LogP contribution in [0, 0.1) is 29.6 Å². The molecule has 0 saturated heterocycles. The van der Waals surface area contributed by atoms with Gasteiger partial charge < -0.3 is 4.79 Å².